The van der Waals surface area contributed by atoms with Gasteiger partial charge in [0, 0.05) is 18.9 Å². The highest BCUT2D eigenvalue weighted by molar-refractivity contribution is 5.14. The lowest BCUT2D eigenvalue weighted by Gasteiger charge is -2.54. The van der Waals surface area contributed by atoms with E-state index in [-0.39, 0.29) is 0 Å². The van der Waals surface area contributed by atoms with Crippen molar-refractivity contribution in [1.82, 2.24) is 14.8 Å². The van der Waals surface area contributed by atoms with Crippen LogP contribution in [0.5, 0.6) is 0 Å². The zero-order valence-corrected chi connectivity index (χ0v) is 12.7. The molecule has 4 fully saturated rings. The minimum Gasteiger partial charge on any atom is -0.330 e. The van der Waals surface area contributed by atoms with Crippen molar-refractivity contribution in [2.24, 2.45) is 35.3 Å². The standard InChI is InChI=1S/C17H26N4/c18-8-10-1-2-15-19-20-17(21(15)9-10)16-13-4-11-3-12(6-13)7-14(16)5-11/h10-14,16H,1-9,18H2. The van der Waals surface area contributed by atoms with E-state index >= 15 is 0 Å². The molecule has 4 saturated carbocycles. The van der Waals surface area contributed by atoms with Crippen molar-refractivity contribution in [3.8, 4) is 0 Å². The van der Waals surface area contributed by atoms with Gasteiger partial charge in [0.25, 0.3) is 0 Å². The van der Waals surface area contributed by atoms with Crippen molar-refractivity contribution in [3.05, 3.63) is 11.6 Å². The molecular formula is C17H26N4. The van der Waals surface area contributed by atoms with Gasteiger partial charge < -0.3 is 10.3 Å². The van der Waals surface area contributed by atoms with E-state index in [9.17, 15) is 0 Å². The Balaban J connectivity index is 1.50. The van der Waals surface area contributed by atoms with Gasteiger partial charge >= 0.3 is 0 Å². The van der Waals surface area contributed by atoms with Crippen molar-refractivity contribution in [1.29, 1.82) is 0 Å². The Morgan fingerprint density at radius 3 is 2.38 bits per heavy atom. The van der Waals surface area contributed by atoms with Crippen LogP contribution >= 0.6 is 0 Å². The van der Waals surface area contributed by atoms with Crippen molar-refractivity contribution in [2.75, 3.05) is 6.54 Å². The molecule has 1 aromatic heterocycles. The van der Waals surface area contributed by atoms with Crippen LogP contribution in [-0.2, 0) is 13.0 Å². The van der Waals surface area contributed by atoms with Crippen LogP contribution in [0, 0.1) is 29.6 Å². The number of hydrogen-bond donors (Lipinski definition) is 1. The molecular weight excluding hydrogens is 260 g/mol. The Morgan fingerprint density at radius 2 is 1.71 bits per heavy atom. The Morgan fingerprint density at radius 1 is 1.00 bits per heavy atom. The maximum atomic E-state index is 5.92. The molecule has 4 aliphatic carbocycles. The minimum atomic E-state index is 0.629. The summed E-state index contributed by atoms with van der Waals surface area (Å²) in [4.78, 5) is 0. The third-order valence-electron chi connectivity index (χ3n) is 6.93. The molecule has 4 bridgehead atoms. The summed E-state index contributed by atoms with van der Waals surface area (Å²) >= 11 is 0. The summed E-state index contributed by atoms with van der Waals surface area (Å²) in [5, 5.41) is 9.22. The lowest BCUT2D eigenvalue weighted by atomic mass is 9.51. The zero-order valence-electron chi connectivity index (χ0n) is 12.7. The van der Waals surface area contributed by atoms with Gasteiger partial charge in [0.05, 0.1) is 0 Å². The number of hydrogen-bond acceptors (Lipinski definition) is 3. The normalized spacial score (nSPS) is 44.0. The molecule has 0 spiro atoms. The lowest BCUT2D eigenvalue weighted by Crippen LogP contribution is -2.45. The second-order valence-corrected chi connectivity index (χ2v) is 8.18. The highest BCUT2D eigenvalue weighted by Gasteiger charge is 2.50. The number of aryl methyl sites for hydroxylation is 1. The largest absolute Gasteiger partial charge is 0.330 e. The van der Waals surface area contributed by atoms with Gasteiger partial charge in [-0.1, -0.05) is 0 Å². The highest BCUT2D eigenvalue weighted by Crippen LogP contribution is 2.59. The second-order valence-electron chi connectivity index (χ2n) is 8.18. The maximum absolute atomic E-state index is 5.92. The van der Waals surface area contributed by atoms with Gasteiger partial charge in [0.2, 0.25) is 0 Å². The van der Waals surface area contributed by atoms with Gasteiger partial charge in [0.1, 0.15) is 11.6 Å². The van der Waals surface area contributed by atoms with E-state index in [0.717, 1.165) is 43.2 Å². The van der Waals surface area contributed by atoms with E-state index in [1.807, 2.05) is 0 Å². The van der Waals surface area contributed by atoms with E-state index in [2.05, 4.69) is 14.8 Å². The Bertz CT molecular complexity index is 521. The first-order chi connectivity index (χ1) is 10.3. The van der Waals surface area contributed by atoms with Crippen molar-refractivity contribution >= 4 is 0 Å². The molecule has 0 amide bonds. The average Bonchev–Trinajstić information content (AvgIpc) is 2.89. The Kier molecular flexibility index (Phi) is 2.73. The first-order valence-electron chi connectivity index (χ1n) is 8.94. The molecule has 21 heavy (non-hydrogen) atoms. The van der Waals surface area contributed by atoms with Crippen LogP contribution < -0.4 is 5.73 Å². The molecule has 0 aromatic carbocycles. The molecule has 2 N–H and O–H groups in total. The summed E-state index contributed by atoms with van der Waals surface area (Å²) in [6.45, 7) is 1.87. The van der Waals surface area contributed by atoms with E-state index in [1.54, 1.807) is 0 Å². The molecule has 1 atom stereocenters. The highest BCUT2D eigenvalue weighted by atomic mass is 15.3. The summed E-state index contributed by atoms with van der Waals surface area (Å²) in [6.07, 6.45) is 9.62. The van der Waals surface area contributed by atoms with E-state index in [0.29, 0.717) is 11.8 Å². The fourth-order valence-corrected chi connectivity index (χ4v) is 6.20. The second kappa shape index (κ2) is 4.55. The van der Waals surface area contributed by atoms with E-state index < -0.39 is 0 Å². The molecule has 114 valence electrons. The van der Waals surface area contributed by atoms with Gasteiger partial charge in [0.15, 0.2) is 0 Å². The van der Waals surface area contributed by atoms with Gasteiger partial charge in [-0.2, -0.15) is 0 Å². The smallest absolute Gasteiger partial charge is 0.136 e. The van der Waals surface area contributed by atoms with Crippen LogP contribution in [0.1, 0.15) is 56.1 Å². The quantitative estimate of drug-likeness (QED) is 0.908. The first-order valence-corrected chi connectivity index (χ1v) is 8.94. The van der Waals surface area contributed by atoms with Crippen LogP contribution in [0.15, 0.2) is 0 Å². The monoisotopic (exact) mass is 286 g/mol. The van der Waals surface area contributed by atoms with Crippen LogP contribution in [0.2, 0.25) is 0 Å². The molecule has 4 nitrogen and oxygen atoms in total. The SMILES string of the molecule is NCC1CCc2nnc(C3C4CC5CC(C4)CC3C5)n2C1. The summed E-state index contributed by atoms with van der Waals surface area (Å²) < 4.78 is 2.47. The Labute approximate surface area is 126 Å². The molecule has 4 heteroatoms. The molecule has 0 radical (unpaired) electrons. The molecule has 2 heterocycles. The van der Waals surface area contributed by atoms with Gasteiger partial charge in [-0.3, -0.25) is 0 Å². The summed E-state index contributed by atoms with van der Waals surface area (Å²) in [5.41, 5.74) is 5.92. The summed E-state index contributed by atoms with van der Waals surface area (Å²) in [6, 6.07) is 0. The average molecular weight is 286 g/mol. The van der Waals surface area contributed by atoms with E-state index in [4.69, 9.17) is 5.73 Å². The van der Waals surface area contributed by atoms with Crippen molar-refractivity contribution < 1.29 is 0 Å². The number of aromatic nitrogens is 3. The third kappa shape index (κ3) is 1.84. The fourth-order valence-electron chi connectivity index (χ4n) is 6.20. The molecule has 6 rings (SSSR count). The number of nitrogens with zero attached hydrogens (tertiary/aromatic N) is 3. The van der Waals surface area contributed by atoms with E-state index in [1.165, 1.54) is 50.2 Å². The number of nitrogens with two attached hydrogens (primary N) is 1. The molecule has 1 aliphatic heterocycles. The van der Waals surface area contributed by atoms with Gasteiger partial charge in [-0.05, 0) is 74.7 Å². The fraction of sp³-hybridized carbons (Fsp3) is 0.882. The first kappa shape index (κ1) is 12.6. The maximum Gasteiger partial charge on any atom is 0.136 e. The minimum absolute atomic E-state index is 0.629. The molecule has 5 aliphatic rings. The van der Waals surface area contributed by atoms with Crippen LogP contribution in [0.25, 0.3) is 0 Å². The topological polar surface area (TPSA) is 56.7 Å². The predicted molar refractivity (Wildman–Crippen MR) is 80.7 cm³/mol. The molecule has 1 unspecified atom stereocenters. The number of fused-ring (bicyclic) bond motifs is 1. The van der Waals surface area contributed by atoms with Crippen LogP contribution in [0.3, 0.4) is 0 Å². The third-order valence-corrected chi connectivity index (χ3v) is 6.93. The van der Waals surface area contributed by atoms with Crippen molar-refractivity contribution in [2.45, 2.75) is 57.4 Å². The lowest BCUT2D eigenvalue weighted by molar-refractivity contribution is -0.00727. The van der Waals surface area contributed by atoms with Gasteiger partial charge in [-0.15, -0.1) is 10.2 Å². The van der Waals surface area contributed by atoms with Crippen molar-refractivity contribution in [3.63, 3.8) is 0 Å². The zero-order chi connectivity index (χ0) is 14.0. The van der Waals surface area contributed by atoms with Crippen LogP contribution in [0.4, 0.5) is 0 Å². The Hall–Kier alpha value is -0.900. The van der Waals surface area contributed by atoms with Crippen LogP contribution in [-0.4, -0.2) is 21.3 Å². The predicted octanol–water partition coefficient (Wildman–Crippen LogP) is 2.34. The van der Waals surface area contributed by atoms with Gasteiger partial charge in [-0.25, -0.2) is 0 Å². The summed E-state index contributed by atoms with van der Waals surface area (Å²) in [5.74, 6) is 7.74. The number of rotatable bonds is 2. The summed E-state index contributed by atoms with van der Waals surface area (Å²) in [7, 11) is 0. The molecule has 0 saturated heterocycles. The molecule has 1 aromatic rings.